The van der Waals surface area contributed by atoms with Crippen molar-refractivity contribution in [3.63, 3.8) is 0 Å². The summed E-state index contributed by atoms with van der Waals surface area (Å²) in [6, 6.07) is 7.82. The van der Waals surface area contributed by atoms with Gasteiger partial charge in [0.25, 0.3) is 0 Å². The molecule has 0 aliphatic heterocycles. The Morgan fingerprint density at radius 3 is 2.76 bits per heavy atom. The van der Waals surface area contributed by atoms with Crippen molar-refractivity contribution < 1.29 is 0 Å². The molecule has 88 valence electrons. The van der Waals surface area contributed by atoms with Crippen LogP contribution in [0.3, 0.4) is 0 Å². The van der Waals surface area contributed by atoms with Crippen LogP contribution in [-0.2, 0) is 6.54 Å². The van der Waals surface area contributed by atoms with Gasteiger partial charge in [0.1, 0.15) is 5.15 Å². The third kappa shape index (κ3) is 2.81. The van der Waals surface area contributed by atoms with E-state index in [-0.39, 0.29) is 0 Å². The Labute approximate surface area is 106 Å². The van der Waals surface area contributed by atoms with E-state index < -0.39 is 0 Å². The summed E-state index contributed by atoms with van der Waals surface area (Å²) < 4.78 is 0. The fourth-order valence-electron chi connectivity index (χ4n) is 1.69. The molecule has 1 N–H and O–H groups in total. The highest BCUT2D eigenvalue weighted by Gasteiger charge is 2.04. The standard InChI is InChI=1S/C13H14ClN3/c1-9-11(8-15-2)3-4-12(17-9)10-5-6-16-13(14)7-10/h3-7,15H,8H2,1-2H3. The average molecular weight is 248 g/mol. The molecule has 2 heterocycles. The molecule has 0 bridgehead atoms. The maximum Gasteiger partial charge on any atom is 0.129 e. The molecule has 2 rings (SSSR count). The molecule has 0 unspecified atom stereocenters. The molecule has 0 saturated carbocycles. The van der Waals surface area contributed by atoms with Crippen molar-refractivity contribution in [2.75, 3.05) is 7.05 Å². The number of nitrogens with zero attached hydrogens (tertiary/aromatic N) is 2. The van der Waals surface area contributed by atoms with Gasteiger partial charge in [-0.05, 0) is 37.7 Å². The lowest BCUT2D eigenvalue weighted by molar-refractivity contribution is 0.805. The van der Waals surface area contributed by atoms with E-state index in [0.29, 0.717) is 5.15 Å². The van der Waals surface area contributed by atoms with Crippen molar-refractivity contribution >= 4 is 11.6 Å². The van der Waals surface area contributed by atoms with E-state index in [9.17, 15) is 0 Å². The molecule has 0 amide bonds. The molecular formula is C13H14ClN3. The first-order valence-corrected chi connectivity index (χ1v) is 5.81. The van der Waals surface area contributed by atoms with E-state index in [2.05, 4.69) is 21.4 Å². The number of nitrogens with one attached hydrogen (secondary N) is 1. The minimum Gasteiger partial charge on any atom is -0.316 e. The highest BCUT2D eigenvalue weighted by atomic mass is 35.5. The van der Waals surface area contributed by atoms with Gasteiger partial charge in [-0.1, -0.05) is 17.7 Å². The normalized spacial score (nSPS) is 10.5. The van der Waals surface area contributed by atoms with Gasteiger partial charge in [-0.25, -0.2) is 4.98 Å². The third-order valence-corrected chi connectivity index (χ3v) is 2.79. The molecule has 3 nitrogen and oxygen atoms in total. The molecule has 0 fully saturated rings. The molecule has 4 heteroatoms. The Morgan fingerprint density at radius 1 is 1.29 bits per heavy atom. The largest absolute Gasteiger partial charge is 0.316 e. The Bertz CT molecular complexity index is 526. The fourth-order valence-corrected chi connectivity index (χ4v) is 1.86. The summed E-state index contributed by atoms with van der Waals surface area (Å²) in [4.78, 5) is 8.54. The number of hydrogen-bond acceptors (Lipinski definition) is 3. The Kier molecular flexibility index (Phi) is 3.71. The minimum atomic E-state index is 0.487. The lowest BCUT2D eigenvalue weighted by atomic mass is 10.1. The fraction of sp³-hybridized carbons (Fsp3) is 0.231. The second-order valence-electron chi connectivity index (χ2n) is 3.84. The Hall–Kier alpha value is -1.45. The quantitative estimate of drug-likeness (QED) is 0.848. The van der Waals surface area contributed by atoms with Crippen LogP contribution < -0.4 is 5.32 Å². The van der Waals surface area contributed by atoms with Crippen LogP contribution in [0.1, 0.15) is 11.3 Å². The van der Waals surface area contributed by atoms with Crippen LogP contribution in [0.5, 0.6) is 0 Å². The number of hydrogen-bond donors (Lipinski definition) is 1. The third-order valence-electron chi connectivity index (χ3n) is 2.58. The van der Waals surface area contributed by atoms with Crippen LogP contribution in [0.25, 0.3) is 11.3 Å². The van der Waals surface area contributed by atoms with Gasteiger partial charge in [0.15, 0.2) is 0 Å². The molecule has 0 aliphatic carbocycles. The van der Waals surface area contributed by atoms with Crippen molar-refractivity contribution in [1.82, 2.24) is 15.3 Å². The second-order valence-corrected chi connectivity index (χ2v) is 4.23. The molecular weight excluding hydrogens is 234 g/mol. The topological polar surface area (TPSA) is 37.8 Å². The zero-order chi connectivity index (χ0) is 12.3. The Morgan fingerprint density at radius 2 is 2.12 bits per heavy atom. The van der Waals surface area contributed by atoms with Gasteiger partial charge >= 0.3 is 0 Å². The summed E-state index contributed by atoms with van der Waals surface area (Å²) >= 11 is 5.87. The number of aromatic nitrogens is 2. The van der Waals surface area contributed by atoms with Gasteiger partial charge in [-0.3, -0.25) is 4.98 Å². The van der Waals surface area contributed by atoms with Crippen LogP contribution in [-0.4, -0.2) is 17.0 Å². The number of aryl methyl sites for hydroxylation is 1. The second kappa shape index (κ2) is 5.25. The van der Waals surface area contributed by atoms with Crippen LogP contribution >= 0.6 is 11.6 Å². The summed E-state index contributed by atoms with van der Waals surface area (Å²) in [7, 11) is 1.93. The predicted molar refractivity (Wildman–Crippen MR) is 70.0 cm³/mol. The SMILES string of the molecule is CNCc1ccc(-c2ccnc(Cl)c2)nc1C. The molecule has 0 aliphatic rings. The van der Waals surface area contributed by atoms with Gasteiger partial charge in [0, 0.05) is 24.0 Å². The number of rotatable bonds is 3. The van der Waals surface area contributed by atoms with E-state index in [1.54, 1.807) is 6.20 Å². The van der Waals surface area contributed by atoms with Crippen LogP contribution in [0, 0.1) is 6.92 Å². The summed E-state index contributed by atoms with van der Waals surface area (Å²) in [6.45, 7) is 2.84. The molecule has 0 atom stereocenters. The molecule has 17 heavy (non-hydrogen) atoms. The van der Waals surface area contributed by atoms with E-state index in [0.717, 1.165) is 23.5 Å². The van der Waals surface area contributed by atoms with Crippen molar-refractivity contribution in [2.45, 2.75) is 13.5 Å². The first kappa shape index (κ1) is 12.0. The number of pyridine rings is 2. The summed E-state index contributed by atoms with van der Waals surface area (Å²) in [5, 5.41) is 3.61. The van der Waals surface area contributed by atoms with Gasteiger partial charge in [-0.15, -0.1) is 0 Å². The number of halogens is 1. The van der Waals surface area contributed by atoms with Gasteiger partial charge < -0.3 is 5.32 Å². The van der Waals surface area contributed by atoms with Crippen molar-refractivity contribution in [2.24, 2.45) is 0 Å². The van der Waals surface area contributed by atoms with E-state index in [1.165, 1.54) is 5.56 Å². The molecule has 0 saturated heterocycles. The highest BCUT2D eigenvalue weighted by molar-refractivity contribution is 6.29. The first-order valence-electron chi connectivity index (χ1n) is 5.44. The molecule has 2 aromatic rings. The molecule has 0 aromatic carbocycles. The van der Waals surface area contributed by atoms with Gasteiger partial charge in [0.2, 0.25) is 0 Å². The molecule has 2 aromatic heterocycles. The first-order chi connectivity index (χ1) is 8.20. The summed E-state index contributed by atoms with van der Waals surface area (Å²) in [5.74, 6) is 0. The summed E-state index contributed by atoms with van der Waals surface area (Å²) in [6.07, 6.45) is 1.69. The average Bonchev–Trinajstić information content (AvgIpc) is 2.32. The van der Waals surface area contributed by atoms with Gasteiger partial charge in [0.05, 0.1) is 5.69 Å². The van der Waals surface area contributed by atoms with Crippen molar-refractivity contribution in [1.29, 1.82) is 0 Å². The maximum atomic E-state index is 5.87. The van der Waals surface area contributed by atoms with Crippen LogP contribution in [0.15, 0.2) is 30.5 Å². The van der Waals surface area contributed by atoms with E-state index >= 15 is 0 Å². The monoisotopic (exact) mass is 247 g/mol. The minimum absolute atomic E-state index is 0.487. The maximum absolute atomic E-state index is 5.87. The van der Waals surface area contributed by atoms with Gasteiger partial charge in [-0.2, -0.15) is 0 Å². The lowest BCUT2D eigenvalue weighted by Crippen LogP contribution is -2.07. The predicted octanol–water partition coefficient (Wildman–Crippen LogP) is 2.82. The smallest absolute Gasteiger partial charge is 0.129 e. The zero-order valence-corrected chi connectivity index (χ0v) is 10.6. The van der Waals surface area contributed by atoms with Crippen molar-refractivity contribution in [3.8, 4) is 11.3 Å². The van der Waals surface area contributed by atoms with Crippen LogP contribution in [0.2, 0.25) is 5.15 Å². The molecule has 0 radical (unpaired) electrons. The molecule has 0 spiro atoms. The summed E-state index contributed by atoms with van der Waals surface area (Å²) in [5.41, 5.74) is 4.15. The van der Waals surface area contributed by atoms with Crippen LogP contribution in [0.4, 0.5) is 0 Å². The van der Waals surface area contributed by atoms with Crippen molar-refractivity contribution in [3.05, 3.63) is 46.9 Å². The highest BCUT2D eigenvalue weighted by Crippen LogP contribution is 2.20. The zero-order valence-electron chi connectivity index (χ0n) is 9.87. The van der Waals surface area contributed by atoms with E-state index in [1.807, 2.05) is 32.2 Å². The Balaban J connectivity index is 2.37. The lowest BCUT2D eigenvalue weighted by Gasteiger charge is -2.07. The van der Waals surface area contributed by atoms with E-state index in [4.69, 9.17) is 11.6 Å².